The fourth-order valence-corrected chi connectivity index (χ4v) is 5.70. The summed E-state index contributed by atoms with van der Waals surface area (Å²) in [6.07, 6.45) is 6.34. The van der Waals surface area contributed by atoms with Crippen molar-refractivity contribution in [1.82, 2.24) is 14.8 Å². The Labute approximate surface area is 239 Å². The summed E-state index contributed by atoms with van der Waals surface area (Å²) in [5, 5.41) is 6.29. The Hall–Kier alpha value is -4.21. The van der Waals surface area contributed by atoms with Gasteiger partial charge in [0.05, 0.1) is 6.42 Å². The summed E-state index contributed by atoms with van der Waals surface area (Å²) in [4.78, 5) is 59.8. The second-order valence-corrected chi connectivity index (χ2v) is 11.3. The van der Waals surface area contributed by atoms with Gasteiger partial charge in [0.15, 0.2) is 0 Å². The third-order valence-corrected chi connectivity index (χ3v) is 8.06. The number of carbonyl (C=O) groups excluding carboxylic acids is 4. The normalized spacial score (nSPS) is 18.8. The molecule has 3 heterocycles. The molecule has 2 fully saturated rings. The van der Waals surface area contributed by atoms with Gasteiger partial charge in [0, 0.05) is 50.6 Å². The van der Waals surface area contributed by atoms with E-state index in [9.17, 15) is 19.2 Å². The maximum atomic E-state index is 13.5. The summed E-state index contributed by atoms with van der Waals surface area (Å²) in [5.41, 5.74) is 2.44. The average Bonchev–Trinajstić information content (AvgIpc) is 3.63. The van der Waals surface area contributed by atoms with Crippen molar-refractivity contribution in [2.45, 2.75) is 51.9 Å². The van der Waals surface area contributed by atoms with Crippen molar-refractivity contribution >= 4 is 46.1 Å². The van der Waals surface area contributed by atoms with Crippen LogP contribution < -0.4 is 10.6 Å². The lowest BCUT2D eigenvalue weighted by molar-refractivity contribution is -0.135. The van der Waals surface area contributed by atoms with E-state index >= 15 is 0 Å². The Morgan fingerprint density at radius 3 is 2.34 bits per heavy atom. The molecule has 0 bridgehead atoms. The van der Waals surface area contributed by atoms with E-state index in [0.717, 1.165) is 37.1 Å². The van der Waals surface area contributed by atoms with Gasteiger partial charge in [-0.15, -0.1) is 0 Å². The van der Waals surface area contributed by atoms with Crippen LogP contribution in [0.5, 0.6) is 0 Å². The molecule has 0 atom stereocenters. The number of carbonyl (C=O) groups is 4. The van der Waals surface area contributed by atoms with Crippen LogP contribution >= 0.6 is 0 Å². The molecule has 10 nitrogen and oxygen atoms in total. The number of pyridine rings is 1. The Morgan fingerprint density at radius 1 is 0.976 bits per heavy atom. The van der Waals surface area contributed by atoms with Crippen molar-refractivity contribution in [1.29, 1.82) is 0 Å². The van der Waals surface area contributed by atoms with Crippen molar-refractivity contribution in [2.24, 2.45) is 11.8 Å². The standard InChI is InChI=1S/C31H37N5O5/c1-19-6-13-25(32-18-19)33-30(39)28-27(34-29(38)21-8-10-22(11-9-21)31(40)35(2)3)23-16-20(7-12-24(23)41-28)17-26(37)36-14-4-5-15-36/h6-7,12-13,16,18,21-22H,4-5,8-11,14-15,17H2,1-3H3,(H,34,38)(H,32,33,39)/t21-,22-. The summed E-state index contributed by atoms with van der Waals surface area (Å²) in [6.45, 7) is 3.45. The highest BCUT2D eigenvalue weighted by molar-refractivity contribution is 6.14. The van der Waals surface area contributed by atoms with Gasteiger partial charge in [-0.1, -0.05) is 12.1 Å². The lowest BCUT2D eigenvalue weighted by Crippen LogP contribution is -2.35. The van der Waals surface area contributed by atoms with Crippen molar-refractivity contribution in [2.75, 3.05) is 37.8 Å². The minimum atomic E-state index is -0.539. The van der Waals surface area contributed by atoms with Gasteiger partial charge in [-0.25, -0.2) is 4.98 Å². The predicted molar refractivity (Wildman–Crippen MR) is 155 cm³/mol. The second kappa shape index (κ2) is 12.1. The summed E-state index contributed by atoms with van der Waals surface area (Å²) < 4.78 is 5.98. The minimum Gasteiger partial charge on any atom is -0.449 e. The van der Waals surface area contributed by atoms with Crippen molar-refractivity contribution in [3.8, 4) is 0 Å². The number of nitrogens with zero attached hydrogens (tertiary/aromatic N) is 3. The van der Waals surface area contributed by atoms with Gasteiger partial charge >= 0.3 is 0 Å². The highest BCUT2D eigenvalue weighted by Crippen LogP contribution is 2.35. The van der Waals surface area contributed by atoms with E-state index in [1.165, 1.54) is 0 Å². The molecule has 4 amide bonds. The molecule has 1 aliphatic carbocycles. The topological polar surface area (TPSA) is 125 Å². The molecule has 1 aliphatic heterocycles. The SMILES string of the molecule is Cc1ccc(NC(=O)c2oc3ccc(CC(=O)N4CCCC4)cc3c2NC(=O)[C@H]2CC[C@H](C(=O)N(C)C)CC2)nc1. The number of anilines is 2. The fraction of sp³-hybridized carbons (Fsp3) is 0.452. The van der Waals surface area contributed by atoms with E-state index in [2.05, 4.69) is 15.6 Å². The zero-order valence-electron chi connectivity index (χ0n) is 23.9. The summed E-state index contributed by atoms with van der Waals surface area (Å²) in [5.74, 6) is -0.655. The molecular formula is C31H37N5O5. The van der Waals surface area contributed by atoms with Crippen LogP contribution in [0.25, 0.3) is 11.0 Å². The quantitative estimate of drug-likeness (QED) is 0.443. The molecule has 2 aliphatic rings. The van der Waals surface area contributed by atoms with Crippen LogP contribution in [-0.4, -0.2) is 65.6 Å². The minimum absolute atomic E-state index is 0.0322. The Balaban J connectivity index is 1.40. The third-order valence-electron chi connectivity index (χ3n) is 8.06. The van der Waals surface area contributed by atoms with Gasteiger partial charge in [0.2, 0.25) is 23.5 Å². The van der Waals surface area contributed by atoms with Crippen molar-refractivity contribution in [3.05, 3.63) is 53.4 Å². The van der Waals surface area contributed by atoms with Crippen LogP contribution in [0, 0.1) is 18.8 Å². The monoisotopic (exact) mass is 559 g/mol. The number of nitrogens with one attached hydrogen (secondary N) is 2. The molecule has 1 saturated heterocycles. The molecule has 2 aromatic heterocycles. The number of aryl methyl sites for hydroxylation is 1. The summed E-state index contributed by atoms with van der Waals surface area (Å²) >= 11 is 0. The van der Waals surface area contributed by atoms with Crippen molar-refractivity contribution in [3.63, 3.8) is 0 Å². The number of rotatable bonds is 7. The molecule has 0 radical (unpaired) electrons. The maximum Gasteiger partial charge on any atom is 0.294 e. The molecule has 1 saturated carbocycles. The highest BCUT2D eigenvalue weighted by atomic mass is 16.3. The van der Waals surface area contributed by atoms with E-state index in [4.69, 9.17) is 4.42 Å². The van der Waals surface area contributed by atoms with E-state index in [0.29, 0.717) is 42.5 Å². The van der Waals surface area contributed by atoms with Gasteiger partial charge in [-0.3, -0.25) is 19.2 Å². The van der Waals surface area contributed by atoms with Crippen LogP contribution in [0.1, 0.15) is 60.2 Å². The summed E-state index contributed by atoms with van der Waals surface area (Å²) in [7, 11) is 3.49. The van der Waals surface area contributed by atoms with Gasteiger partial charge in [0.1, 0.15) is 17.1 Å². The van der Waals surface area contributed by atoms with E-state index in [1.807, 2.05) is 30.0 Å². The molecule has 5 rings (SSSR count). The number of hydrogen-bond donors (Lipinski definition) is 2. The molecule has 3 aromatic rings. The van der Waals surface area contributed by atoms with Gasteiger partial charge in [0.25, 0.3) is 5.91 Å². The molecule has 41 heavy (non-hydrogen) atoms. The summed E-state index contributed by atoms with van der Waals surface area (Å²) in [6, 6.07) is 8.90. The van der Waals surface area contributed by atoms with E-state index < -0.39 is 5.91 Å². The zero-order chi connectivity index (χ0) is 29.1. The van der Waals surface area contributed by atoms with Crippen LogP contribution in [0.3, 0.4) is 0 Å². The van der Waals surface area contributed by atoms with Gasteiger partial charge in [-0.2, -0.15) is 0 Å². The molecule has 216 valence electrons. The molecular weight excluding hydrogens is 522 g/mol. The van der Waals surface area contributed by atoms with Crippen LogP contribution in [-0.2, 0) is 20.8 Å². The molecule has 0 unspecified atom stereocenters. The average molecular weight is 560 g/mol. The molecule has 1 aromatic carbocycles. The molecule has 10 heteroatoms. The maximum absolute atomic E-state index is 13.5. The van der Waals surface area contributed by atoms with Crippen LogP contribution in [0.15, 0.2) is 40.9 Å². The Bertz CT molecular complexity index is 1450. The van der Waals surface area contributed by atoms with E-state index in [-0.39, 0.29) is 47.4 Å². The lowest BCUT2D eigenvalue weighted by atomic mass is 9.81. The first kappa shape index (κ1) is 28.3. The number of benzene rings is 1. The van der Waals surface area contributed by atoms with Crippen molar-refractivity contribution < 1.29 is 23.6 Å². The van der Waals surface area contributed by atoms with Crippen LogP contribution in [0.2, 0.25) is 0 Å². The second-order valence-electron chi connectivity index (χ2n) is 11.3. The predicted octanol–water partition coefficient (Wildman–Crippen LogP) is 4.39. The van der Waals surface area contributed by atoms with E-state index in [1.54, 1.807) is 37.3 Å². The van der Waals surface area contributed by atoms with Gasteiger partial charge in [-0.05, 0) is 74.8 Å². The number of hydrogen-bond acceptors (Lipinski definition) is 6. The number of amides is 4. The number of likely N-dealkylation sites (tertiary alicyclic amines) is 1. The lowest BCUT2D eigenvalue weighted by Gasteiger charge is -2.28. The van der Waals surface area contributed by atoms with Gasteiger partial charge < -0.3 is 24.9 Å². The third kappa shape index (κ3) is 6.42. The smallest absolute Gasteiger partial charge is 0.294 e. The zero-order valence-corrected chi connectivity index (χ0v) is 23.9. The Kier molecular flexibility index (Phi) is 8.37. The molecule has 0 spiro atoms. The number of fused-ring (bicyclic) bond motifs is 1. The largest absolute Gasteiger partial charge is 0.449 e. The number of furan rings is 1. The fourth-order valence-electron chi connectivity index (χ4n) is 5.70. The molecule has 2 N–H and O–H groups in total. The first-order valence-electron chi connectivity index (χ1n) is 14.3. The first-order chi connectivity index (χ1) is 19.7. The van der Waals surface area contributed by atoms with Crippen LogP contribution in [0.4, 0.5) is 11.5 Å². The first-order valence-corrected chi connectivity index (χ1v) is 14.3. The highest BCUT2D eigenvalue weighted by Gasteiger charge is 2.32. The Morgan fingerprint density at radius 2 is 1.68 bits per heavy atom. The number of aromatic nitrogens is 1.